The molecule has 1 aromatic rings. The van der Waals surface area contributed by atoms with Crippen LogP contribution in [0.4, 0.5) is 0 Å². The summed E-state index contributed by atoms with van der Waals surface area (Å²) in [7, 11) is 0. The number of ether oxygens (including phenoxy) is 1. The molecule has 34 heavy (non-hydrogen) atoms. The van der Waals surface area contributed by atoms with E-state index < -0.39 is 5.54 Å². The van der Waals surface area contributed by atoms with E-state index in [4.69, 9.17) is 4.74 Å². The van der Waals surface area contributed by atoms with Crippen molar-refractivity contribution in [2.24, 2.45) is 0 Å². The lowest BCUT2D eigenvalue weighted by molar-refractivity contribution is -0.155. The number of piperazine rings is 1. The number of likely N-dealkylation sites (tertiary alicyclic amines) is 1. The highest BCUT2D eigenvalue weighted by Gasteiger charge is 2.45. The lowest BCUT2D eigenvalue weighted by Gasteiger charge is -2.49. The Morgan fingerprint density at radius 3 is 2.29 bits per heavy atom. The summed E-state index contributed by atoms with van der Waals surface area (Å²) >= 11 is 0. The van der Waals surface area contributed by atoms with E-state index in [0.717, 1.165) is 45.6 Å². The average Bonchev–Trinajstić information content (AvgIpc) is 2.85. The molecule has 188 valence electrons. The number of hydrogen-bond acceptors (Lipinski definition) is 6. The second-order valence-electron chi connectivity index (χ2n) is 10.2. The molecule has 1 atom stereocenters. The molecule has 0 spiro atoms. The predicted molar refractivity (Wildman–Crippen MR) is 133 cm³/mol. The van der Waals surface area contributed by atoms with Gasteiger partial charge in [0.1, 0.15) is 5.54 Å². The van der Waals surface area contributed by atoms with Gasteiger partial charge in [0.25, 0.3) is 0 Å². The summed E-state index contributed by atoms with van der Waals surface area (Å²) in [5.74, 6) is -0.433. The number of nitrogens with one attached hydrogen (secondary N) is 1. The van der Waals surface area contributed by atoms with E-state index in [1.807, 2.05) is 6.92 Å². The largest absolute Gasteiger partial charge is 0.464 e. The summed E-state index contributed by atoms with van der Waals surface area (Å²) < 4.78 is 5.32. The second kappa shape index (κ2) is 11.6. The molecular weight excluding hydrogens is 428 g/mol. The first kappa shape index (κ1) is 25.1. The van der Waals surface area contributed by atoms with Crippen LogP contribution < -0.4 is 5.32 Å². The summed E-state index contributed by atoms with van der Waals surface area (Å²) in [5, 5.41) is 2.93. The summed E-state index contributed by atoms with van der Waals surface area (Å²) in [6.45, 7) is 10.2. The number of piperidine rings is 1. The van der Waals surface area contributed by atoms with E-state index in [2.05, 4.69) is 50.3 Å². The third kappa shape index (κ3) is 5.99. The van der Waals surface area contributed by atoms with Gasteiger partial charge >= 0.3 is 5.97 Å². The SMILES string of the molecule is CCOC(=O)C1(NC(C)=O)CCC(N2CCN(C3CCCCN3Cc3ccccc3)CC2)CC1. The quantitative estimate of drug-likeness (QED) is 0.618. The van der Waals surface area contributed by atoms with Gasteiger partial charge in [-0.05, 0) is 64.0 Å². The van der Waals surface area contributed by atoms with Crippen molar-refractivity contribution in [2.75, 3.05) is 39.3 Å². The van der Waals surface area contributed by atoms with Gasteiger partial charge in [-0.3, -0.25) is 19.5 Å². The number of nitrogens with zero attached hydrogens (tertiary/aromatic N) is 3. The number of benzene rings is 1. The van der Waals surface area contributed by atoms with E-state index in [1.54, 1.807) is 0 Å². The minimum absolute atomic E-state index is 0.160. The molecule has 1 amide bonds. The van der Waals surface area contributed by atoms with Gasteiger partial charge in [-0.25, -0.2) is 4.79 Å². The van der Waals surface area contributed by atoms with Gasteiger partial charge in [0.15, 0.2) is 0 Å². The molecule has 7 nitrogen and oxygen atoms in total. The third-order valence-corrected chi connectivity index (χ3v) is 7.98. The Bertz CT molecular complexity index is 801. The zero-order chi connectivity index (χ0) is 24.0. The first-order chi connectivity index (χ1) is 16.5. The Balaban J connectivity index is 1.30. The molecule has 3 fully saturated rings. The summed E-state index contributed by atoms with van der Waals surface area (Å²) in [6, 6.07) is 11.3. The molecule has 0 radical (unpaired) electrons. The topological polar surface area (TPSA) is 65.1 Å². The van der Waals surface area contributed by atoms with Gasteiger partial charge in [0.2, 0.25) is 5.91 Å². The minimum atomic E-state index is -0.847. The fourth-order valence-corrected chi connectivity index (χ4v) is 6.24. The van der Waals surface area contributed by atoms with Crippen LogP contribution >= 0.6 is 0 Å². The Labute approximate surface area is 204 Å². The fraction of sp³-hybridized carbons (Fsp3) is 0.704. The van der Waals surface area contributed by atoms with Crippen molar-refractivity contribution in [1.29, 1.82) is 0 Å². The van der Waals surface area contributed by atoms with E-state index >= 15 is 0 Å². The van der Waals surface area contributed by atoms with E-state index in [1.165, 1.54) is 38.3 Å². The highest BCUT2D eigenvalue weighted by Crippen LogP contribution is 2.33. The van der Waals surface area contributed by atoms with Crippen LogP contribution in [0.15, 0.2) is 30.3 Å². The molecule has 2 heterocycles. The zero-order valence-electron chi connectivity index (χ0n) is 21.0. The van der Waals surface area contributed by atoms with Crippen molar-refractivity contribution < 1.29 is 14.3 Å². The monoisotopic (exact) mass is 470 g/mol. The summed E-state index contributed by atoms with van der Waals surface area (Å²) in [6.07, 6.45) is 7.56. The molecule has 1 aromatic carbocycles. The van der Waals surface area contributed by atoms with E-state index in [0.29, 0.717) is 31.7 Å². The van der Waals surface area contributed by atoms with Crippen LogP contribution in [0.2, 0.25) is 0 Å². The maximum atomic E-state index is 12.7. The highest BCUT2D eigenvalue weighted by molar-refractivity contribution is 5.87. The van der Waals surface area contributed by atoms with Gasteiger partial charge in [-0.1, -0.05) is 30.3 Å². The molecule has 4 rings (SSSR count). The Morgan fingerprint density at radius 1 is 0.971 bits per heavy atom. The standard InChI is InChI=1S/C27H42N4O3/c1-3-34-26(33)27(28-22(2)32)14-12-24(13-15-27)29-17-19-30(20-18-29)25-11-7-8-16-31(25)21-23-9-5-4-6-10-23/h4-6,9-10,24-25H,3,7-8,11-21H2,1-2H3,(H,28,32). The molecule has 1 N–H and O–H groups in total. The minimum Gasteiger partial charge on any atom is -0.464 e. The van der Waals surface area contributed by atoms with Crippen LogP contribution in [-0.2, 0) is 20.9 Å². The lowest BCUT2D eigenvalue weighted by atomic mass is 9.78. The Hall–Kier alpha value is -1.96. The number of amides is 1. The molecule has 0 aromatic heterocycles. The molecule has 1 aliphatic carbocycles. The number of hydrogen-bond donors (Lipinski definition) is 1. The maximum Gasteiger partial charge on any atom is 0.331 e. The maximum absolute atomic E-state index is 12.7. The molecular formula is C27H42N4O3. The molecule has 7 heteroatoms. The van der Waals surface area contributed by atoms with Gasteiger partial charge in [-0.2, -0.15) is 0 Å². The molecule has 0 bridgehead atoms. The fourth-order valence-electron chi connectivity index (χ4n) is 6.24. The molecule has 2 saturated heterocycles. The van der Waals surface area contributed by atoms with Crippen molar-refractivity contribution in [1.82, 2.24) is 20.0 Å². The van der Waals surface area contributed by atoms with Crippen molar-refractivity contribution in [3.8, 4) is 0 Å². The van der Waals surface area contributed by atoms with Crippen LogP contribution in [0.5, 0.6) is 0 Å². The first-order valence-corrected chi connectivity index (χ1v) is 13.2. The van der Waals surface area contributed by atoms with Crippen LogP contribution in [0.25, 0.3) is 0 Å². The number of rotatable bonds is 7. The first-order valence-electron chi connectivity index (χ1n) is 13.2. The van der Waals surface area contributed by atoms with Crippen LogP contribution in [0.3, 0.4) is 0 Å². The average molecular weight is 471 g/mol. The third-order valence-electron chi connectivity index (χ3n) is 7.98. The second-order valence-corrected chi connectivity index (χ2v) is 10.2. The van der Waals surface area contributed by atoms with Crippen molar-refractivity contribution in [2.45, 2.75) is 83.1 Å². The van der Waals surface area contributed by atoms with Gasteiger partial charge in [-0.15, -0.1) is 0 Å². The Morgan fingerprint density at radius 2 is 1.65 bits per heavy atom. The zero-order valence-corrected chi connectivity index (χ0v) is 21.0. The van der Waals surface area contributed by atoms with E-state index in [-0.39, 0.29) is 11.9 Å². The lowest BCUT2D eigenvalue weighted by Crippen LogP contribution is -2.61. The van der Waals surface area contributed by atoms with Crippen molar-refractivity contribution >= 4 is 11.9 Å². The van der Waals surface area contributed by atoms with Crippen LogP contribution in [0.1, 0.15) is 64.4 Å². The van der Waals surface area contributed by atoms with Gasteiger partial charge in [0.05, 0.1) is 12.8 Å². The van der Waals surface area contributed by atoms with Gasteiger partial charge in [0, 0.05) is 45.7 Å². The number of carbonyl (C=O) groups is 2. The van der Waals surface area contributed by atoms with Crippen LogP contribution in [0, 0.1) is 0 Å². The molecule has 1 saturated carbocycles. The molecule has 1 unspecified atom stereocenters. The van der Waals surface area contributed by atoms with Crippen molar-refractivity contribution in [3.05, 3.63) is 35.9 Å². The van der Waals surface area contributed by atoms with Crippen molar-refractivity contribution in [3.63, 3.8) is 0 Å². The Kier molecular flexibility index (Phi) is 8.61. The predicted octanol–water partition coefficient (Wildman–Crippen LogP) is 3.00. The summed E-state index contributed by atoms with van der Waals surface area (Å²) in [5.41, 5.74) is 0.555. The van der Waals surface area contributed by atoms with Crippen LogP contribution in [-0.4, -0.2) is 83.7 Å². The smallest absolute Gasteiger partial charge is 0.331 e. The number of carbonyl (C=O) groups excluding carboxylic acids is 2. The van der Waals surface area contributed by atoms with E-state index in [9.17, 15) is 9.59 Å². The molecule has 3 aliphatic rings. The normalized spacial score (nSPS) is 29.5. The van der Waals surface area contributed by atoms with Gasteiger partial charge < -0.3 is 10.1 Å². The highest BCUT2D eigenvalue weighted by atomic mass is 16.5. The molecule has 2 aliphatic heterocycles. The summed E-state index contributed by atoms with van der Waals surface area (Å²) in [4.78, 5) is 32.4. The number of esters is 1.